The molecular weight excluding hydrogens is 294 g/mol. The highest BCUT2D eigenvalue weighted by Crippen LogP contribution is 2.13. The van der Waals surface area contributed by atoms with Gasteiger partial charge < -0.3 is 15.1 Å². The lowest BCUT2D eigenvalue weighted by molar-refractivity contribution is 0.371. The number of nitrogens with zero attached hydrogens (tertiary/aromatic N) is 4. The van der Waals surface area contributed by atoms with Gasteiger partial charge in [0.2, 0.25) is 0 Å². The van der Waals surface area contributed by atoms with E-state index in [1.54, 1.807) is 0 Å². The quantitative estimate of drug-likeness (QED) is 0.663. The first-order valence-corrected chi connectivity index (χ1v) is 9.25. The van der Waals surface area contributed by atoms with Gasteiger partial charge in [-0.3, -0.25) is 4.99 Å². The van der Waals surface area contributed by atoms with Gasteiger partial charge in [0, 0.05) is 44.2 Å². The summed E-state index contributed by atoms with van der Waals surface area (Å²) in [5.41, 5.74) is 0. The summed E-state index contributed by atoms with van der Waals surface area (Å²) in [6.07, 6.45) is 4.00. The SMILES string of the molecule is CCNC(=NCC(C)SC)N1CCN(c2ccccn2)CC1. The average molecular weight is 321 g/mol. The maximum Gasteiger partial charge on any atom is 0.194 e. The van der Waals surface area contributed by atoms with Crippen molar-refractivity contribution in [3.8, 4) is 0 Å². The zero-order chi connectivity index (χ0) is 15.8. The summed E-state index contributed by atoms with van der Waals surface area (Å²) >= 11 is 1.86. The van der Waals surface area contributed by atoms with Crippen LogP contribution in [0.5, 0.6) is 0 Å². The van der Waals surface area contributed by atoms with Crippen LogP contribution in [0.1, 0.15) is 13.8 Å². The van der Waals surface area contributed by atoms with Gasteiger partial charge in [0.25, 0.3) is 0 Å². The van der Waals surface area contributed by atoms with Crippen molar-refractivity contribution in [3.63, 3.8) is 0 Å². The Balaban J connectivity index is 1.92. The van der Waals surface area contributed by atoms with Gasteiger partial charge in [-0.25, -0.2) is 4.98 Å². The molecule has 0 radical (unpaired) electrons. The van der Waals surface area contributed by atoms with E-state index in [0.717, 1.165) is 51.0 Å². The van der Waals surface area contributed by atoms with E-state index in [9.17, 15) is 0 Å². The van der Waals surface area contributed by atoms with E-state index in [-0.39, 0.29) is 0 Å². The summed E-state index contributed by atoms with van der Waals surface area (Å²) < 4.78 is 0. The van der Waals surface area contributed by atoms with E-state index in [4.69, 9.17) is 4.99 Å². The lowest BCUT2D eigenvalue weighted by atomic mass is 10.3. The molecule has 2 heterocycles. The van der Waals surface area contributed by atoms with Crippen LogP contribution in [0.25, 0.3) is 0 Å². The molecule has 6 heteroatoms. The molecule has 0 saturated carbocycles. The van der Waals surface area contributed by atoms with Gasteiger partial charge >= 0.3 is 0 Å². The summed E-state index contributed by atoms with van der Waals surface area (Å²) in [6, 6.07) is 6.09. The zero-order valence-electron chi connectivity index (χ0n) is 13.8. The number of pyridine rings is 1. The number of hydrogen-bond donors (Lipinski definition) is 1. The number of aliphatic imine (C=N–C) groups is 1. The molecule has 1 aromatic heterocycles. The fraction of sp³-hybridized carbons (Fsp3) is 0.625. The van der Waals surface area contributed by atoms with E-state index in [1.165, 1.54) is 0 Å². The molecule has 122 valence electrons. The Hall–Kier alpha value is -1.43. The van der Waals surface area contributed by atoms with Gasteiger partial charge in [0.15, 0.2) is 5.96 Å². The van der Waals surface area contributed by atoms with Crippen LogP contribution in [0.3, 0.4) is 0 Å². The second-order valence-corrected chi connectivity index (χ2v) is 6.68. The first-order valence-electron chi connectivity index (χ1n) is 7.96. The van der Waals surface area contributed by atoms with Crippen molar-refractivity contribution in [1.29, 1.82) is 0 Å². The van der Waals surface area contributed by atoms with Crippen LogP contribution in [0.2, 0.25) is 0 Å². The number of thioether (sulfide) groups is 1. The van der Waals surface area contributed by atoms with Crippen molar-refractivity contribution >= 4 is 23.5 Å². The van der Waals surface area contributed by atoms with E-state index in [0.29, 0.717) is 5.25 Å². The van der Waals surface area contributed by atoms with Crippen molar-refractivity contribution in [2.45, 2.75) is 19.1 Å². The first kappa shape index (κ1) is 16.9. The Bertz CT molecular complexity index is 457. The molecule has 0 amide bonds. The lowest BCUT2D eigenvalue weighted by Gasteiger charge is -2.37. The third-order valence-electron chi connectivity index (χ3n) is 3.79. The minimum atomic E-state index is 0.559. The van der Waals surface area contributed by atoms with E-state index in [2.05, 4.69) is 46.3 Å². The van der Waals surface area contributed by atoms with Crippen LogP contribution in [-0.4, -0.2) is 66.6 Å². The van der Waals surface area contributed by atoms with Gasteiger partial charge in [-0.2, -0.15) is 11.8 Å². The predicted molar refractivity (Wildman–Crippen MR) is 97.0 cm³/mol. The Morgan fingerprint density at radius 3 is 2.73 bits per heavy atom. The Kier molecular flexibility index (Phi) is 6.83. The smallest absolute Gasteiger partial charge is 0.194 e. The molecule has 1 unspecified atom stereocenters. The summed E-state index contributed by atoms with van der Waals surface area (Å²) in [6.45, 7) is 10.1. The third kappa shape index (κ3) is 4.80. The van der Waals surface area contributed by atoms with Gasteiger partial charge in [-0.05, 0) is 25.3 Å². The molecule has 1 aliphatic heterocycles. The van der Waals surface area contributed by atoms with Crippen LogP contribution in [0.15, 0.2) is 29.4 Å². The summed E-state index contributed by atoms with van der Waals surface area (Å²) in [7, 11) is 0. The number of hydrogen-bond acceptors (Lipinski definition) is 4. The molecule has 1 atom stereocenters. The minimum absolute atomic E-state index is 0.559. The van der Waals surface area contributed by atoms with Crippen molar-refractivity contribution in [2.75, 3.05) is 50.4 Å². The fourth-order valence-corrected chi connectivity index (χ4v) is 2.63. The second-order valence-electron chi connectivity index (χ2n) is 5.40. The molecule has 1 aromatic rings. The normalized spacial score (nSPS) is 17.5. The fourth-order valence-electron chi connectivity index (χ4n) is 2.40. The highest BCUT2D eigenvalue weighted by atomic mass is 32.2. The van der Waals surface area contributed by atoms with Crippen molar-refractivity contribution < 1.29 is 0 Å². The Morgan fingerprint density at radius 1 is 1.36 bits per heavy atom. The van der Waals surface area contributed by atoms with Crippen molar-refractivity contribution in [3.05, 3.63) is 24.4 Å². The van der Waals surface area contributed by atoms with Gasteiger partial charge in [-0.1, -0.05) is 13.0 Å². The molecule has 2 rings (SSSR count). The topological polar surface area (TPSA) is 43.8 Å². The number of nitrogens with one attached hydrogen (secondary N) is 1. The minimum Gasteiger partial charge on any atom is -0.357 e. The van der Waals surface area contributed by atoms with E-state index < -0.39 is 0 Å². The average Bonchev–Trinajstić information content (AvgIpc) is 2.59. The van der Waals surface area contributed by atoms with Crippen LogP contribution in [0, 0.1) is 0 Å². The van der Waals surface area contributed by atoms with E-state index >= 15 is 0 Å². The molecule has 1 saturated heterocycles. The standard InChI is InChI=1S/C16H27N5S/c1-4-17-16(19-13-14(2)22-3)21-11-9-20(10-12-21)15-7-5-6-8-18-15/h5-8,14H,4,9-13H2,1-3H3,(H,17,19). The predicted octanol–water partition coefficient (Wildman–Crippen LogP) is 1.92. The summed E-state index contributed by atoms with van der Waals surface area (Å²) in [5.74, 6) is 2.11. The number of anilines is 1. The highest BCUT2D eigenvalue weighted by molar-refractivity contribution is 7.99. The lowest BCUT2D eigenvalue weighted by Crippen LogP contribution is -2.52. The molecule has 0 aromatic carbocycles. The number of guanidine groups is 1. The largest absolute Gasteiger partial charge is 0.357 e. The van der Waals surface area contributed by atoms with Crippen LogP contribution in [0.4, 0.5) is 5.82 Å². The van der Waals surface area contributed by atoms with Crippen molar-refractivity contribution in [1.82, 2.24) is 15.2 Å². The summed E-state index contributed by atoms with van der Waals surface area (Å²) in [4.78, 5) is 13.9. The van der Waals surface area contributed by atoms with Gasteiger partial charge in [0.05, 0.1) is 6.54 Å². The van der Waals surface area contributed by atoms with E-state index in [1.807, 2.05) is 30.1 Å². The van der Waals surface area contributed by atoms with Crippen LogP contribution < -0.4 is 10.2 Å². The van der Waals surface area contributed by atoms with Gasteiger partial charge in [-0.15, -0.1) is 0 Å². The Labute approximate surface area is 138 Å². The molecule has 1 fully saturated rings. The van der Waals surface area contributed by atoms with Crippen molar-refractivity contribution in [2.24, 2.45) is 4.99 Å². The van der Waals surface area contributed by atoms with Crippen LogP contribution >= 0.6 is 11.8 Å². The molecule has 0 bridgehead atoms. The van der Waals surface area contributed by atoms with Gasteiger partial charge in [0.1, 0.15) is 5.82 Å². The number of aromatic nitrogens is 1. The number of piperazine rings is 1. The highest BCUT2D eigenvalue weighted by Gasteiger charge is 2.20. The maximum atomic E-state index is 4.78. The summed E-state index contributed by atoms with van der Waals surface area (Å²) in [5, 5.41) is 3.98. The first-order chi connectivity index (χ1) is 10.7. The molecular formula is C16H27N5S. The molecule has 22 heavy (non-hydrogen) atoms. The zero-order valence-corrected chi connectivity index (χ0v) is 14.6. The molecule has 0 spiro atoms. The molecule has 1 N–H and O–H groups in total. The maximum absolute atomic E-state index is 4.78. The second kappa shape index (κ2) is 8.88. The third-order valence-corrected chi connectivity index (χ3v) is 4.74. The molecule has 1 aliphatic rings. The monoisotopic (exact) mass is 321 g/mol. The Morgan fingerprint density at radius 2 is 2.14 bits per heavy atom. The molecule has 5 nitrogen and oxygen atoms in total. The van der Waals surface area contributed by atoms with Crippen LogP contribution in [-0.2, 0) is 0 Å². The number of rotatable bonds is 5. The molecule has 0 aliphatic carbocycles.